The maximum absolute atomic E-state index is 12.8. The molecule has 0 bridgehead atoms. The van der Waals surface area contributed by atoms with Crippen LogP contribution in [0.15, 0.2) is 66.7 Å². The van der Waals surface area contributed by atoms with Crippen molar-refractivity contribution >= 4 is 29.0 Å². The molecule has 3 aromatic rings. The van der Waals surface area contributed by atoms with E-state index in [0.29, 0.717) is 34.1 Å². The third-order valence-electron chi connectivity index (χ3n) is 4.43. The molecule has 7 nitrogen and oxygen atoms in total. The number of aryl methyl sites for hydroxylation is 1. The zero-order valence-electron chi connectivity index (χ0n) is 17.0. The number of benzene rings is 3. The molecular formula is C23H23N3O4. The molecule has 3 aromatic carbocycles. The molecule has 0 atom stereocenters. The molecule has 0 radical (unpaired) electrons. The van der Waals surface area contributed by atoms with Gasteiger partial charge in [-0.05, 0) is 48.9 Å². The highest BCUT2D eigenvalue weighted by Crippen LogP contribution is 2.27. The Morgan fingerprint density at radius 1 is 0.767 bits per heavy atom. The summed E-state index contributed by atoms with van der Waals surface area (Å²) in [5, 5.41) is 8.39. The first kappa shape index (κ1) is 20.7. The average Bonchev–Trinajstić information content (AvgIpc) is 2.76. The van der Waals surface area contributed by atoms with E-state index in [9.17, 15) is 9.59 Å². The Hall–Kier alpha value is -4.00. The zero-order valence-corrected chi connectivity index (χ0v) is 17.0. The average molecular weight is 405 g/mol. The first-order chi connectivity index (χ1) is 14.5. The van der Waals surface area contributed by atoms with Crippen LogP contribution in [0.25, 0.3) is 0 Å². The molecule has 7 heteroatoms. The van der Waals surface area contributed by atoms with Crippen LogP contribution in [0.5, 0.6) is 11.5 Å². The van der Waals surface area contributed by atoms with E-state index in [2.05, 4.69) is 16.0 Å². The summed E-state index contributed by atoms with van der Waals surface area (Å²) in [6.45, 7) is 1.87. The molecule has 3 N–H and O–H groups in total. The van der Waals surface area contributed by atoms with Crippen molar-refractivity contribution in [2.75, 3.05) is 30.2 Å². The highest BCUT2D eigenvalue weighted by atomic mass is 16.5. The van der Waals surface area contributed by atoms with Crippen LogP contribution in [0.2, 0.25) is 0 Å². The maximum atomic E-state index is 12.8. The number of para-hydroxylation sites is 1. The van der Waals surface area contributed by atoms with Gasteiger partial charge >= 0.3 is 6.03 Å². The van der Waals surface area contributed by atoms with Gasteiger partial charge < -0.3 is 25.4 Å². The Balaban J connectivity index is 1.74. The molecule has 0 spiro atoms. The van der Waals surface area contributed by atoms with E-state index >= 15 is 0 Å². The summed E-state index contributed by atoms with van der Waals surface area (Å²) >= 11 is 0. The first-order valence-electron chi connectivity index (χ1n) is 9.27. The Morgan fingerprint density at radius 3 is 2.20 bits per heavy atom. The molecule has 0 fully saturated rings. The van der Waals surface area contributed by atoms with Crippen LogP contribution in [0.3, 0.4) is 0 Å². The number of carbonyl (C=O) groups excluding carboxylic acids is 2. The van der Waals surface area contributed by atoms with E-state index in [1.165, 1.54) is 7.11 Å². The fraction of sp³-hybridized carbons (Fsp3) is 0.130. The Bertz CT molecular complexity index is 1050. The lowest BCUT2D eigenvalue weighted by Gasteiger charge is -2.14. The highest BCUT2D eigenvalue weighted by Gasteiger charge is 2.15. The third-order valence-corrected chi connectivity index (χ3v) is 4.43. The number of carbonyl (C=O) groups is 2. The Kier molecular flexibility index (Phi) is 6.54. The van der Waals surface area contributed by atoms with Gasteiger partial charge in [0.15, 0.2) is 0 Å². The van der Waals surface area contributed by atoms with Crippen LogP contribution in [0, 0.1) is 6.92 Å². The van der Waals surface area contributed by atoms with Gasteiger partial charge in [0.2, 0.25) is 0 Å². The minimum atomic E-state index is -0.376. The number of rotatable bonds is 6. The summed E-state index contributed by atoms with van der Waals surface area (Å²) in [7, 11) is 3.04. The standard InChI is InChI=1S/C23H23N3O4/c1-15-9-10-17(25-23(28)24-16-7-5-4-6-8-16)13-20(15)26-22(27)19-12-11-18(29-2)14-21(19)30-3/h4-14H,1-3H3,(H,26,27)(H2,24,25,28). The van der Waals surface area contributed by atoms with Crippen molar-refractivity contribution in [3.63, 3.8) is 0 Å². The second-order valence-electron chi connectivity index (χ2n) is 6.50. The van der Waals surface area contributed by atoms with Gasteiger partial charge in [0, 0.05) is 23.1 Å². The van der Waals surface area contributed by atoms with Gasteiger partial charge in [-0.3, -0.25) is 4.79 Å². The lowest BCUT2D eigenvalue weighted by atomic mass is 10.1. The first-order valence-corrected chi connectivity index (χ1v) is 9.27. The van der Waals surface area contributed by atoms with Gasteiger partial charge in [-0.1, -0.05) is 24.3 Å². The number of hydrogen-bond acceptors (Lipinski definition) is 4. The number of ether oxygens (including phenoxy) is 2. The van der Waals surface area contributed by atoms with Crippen molar-refractivity contribution in [1.29, 1.82) is 0 Å². The number of hydrogen-bond donors (Lipinski definition) is 3. The van der Waals surface area contributed by atoms with E-state index < -0.39 is 0 Å². The molecule has 3 rings (SSSR count). The van der Waals surface area contributed by atoms with Crippen LogP contribution < -0.4 is 25.4 Å². The minimum absolute atomic E-state index is 0.330. The van der Waals surface area contributed by atoms with E-state index in [4.69, 9.17) is 9.47 Å². The van der Waals surface area contributed by atoms with Gasteiger partial charge in [-0.15, -0.1) is 0 Å². The van der Waals surface area contributed by atoms with Gasteiger partial charge in [0.25, 0.3) is 5.91 Å². The van der Waals surface area contributed by atoms with Crippen LogP contribution >= 0.6 is 0 Å². The SMILES string of the molecule is COc1ccc(C(=O)Nc2cc(NC(=O)Nc3ccccc3)ccc2C)c(OC)c1. The Labute approximate surface area is 175 Å². The van der Waals surface area contributed by atoms with E-state index in [0.717, 1.165) is 5.56 Å². The summed E-state index contributed by atoms with van der Waals surface area (Å²) in [4.78, 5) is 25.0. The monoisotopic (exact) mass is 405 g/mol. The number of amides is 3. The molecule has 154 valence electrons. The van der Waals surface area contributed by atoms with Crippen LogP contribution in [0.4, 0.5) is 21.9 Å². The topological polar surface area (TPSA) is 88.7 Å². The zero-order chi connectivity index (χ0) is 21.5. The smallest absolute Gasteiger partial charge is 0.323 e. The fourth-order valence-electron chi connectivity index (χ4n) is 2.83. The van der Waals surface area contributed by atoms with Gasteiger partial charge in [0.05, 0.1) is 19.8 Å². The van der Waals surface area contributed by atoms with Gasteiger partial charge in [-0.2, -0.15) is 0 Å². The third kappa shape index (κ3) is 5.08. The summed E-state index contributed by atoms with van der Waals surface area (Å²) in [5.74, 6) is 0.666. The number of nitrogens with one attached hydrogen (secondary N) is 3. The normalized spacial score (nSPS) is 10.1. The molecule has 0 aliphatic heterocycles. The molecule has 0 aromatic heterocycles. The summed E-state index contributed by atoms with van der Waals surface area (Å²) in [6, 6.07) is 19.0. The van der Waals surface area contributed by atoms with Crippen LogP contribution in [-0.2, 0) is 0 Å². The number of anilines is 3. The van der Waals surface area contributed by atoms with Crippen molar-refractivity contribution in [3.05, 3.63) is 77.9 Å². The summed E-state index contributed by atoms with van der Waals surface area (Å²) in [6.07, 6.45) is 0. The molecule has 0 saturated carbocycles. The number of methoxy groups -OCH3 is 2. The molecule has 0 aliphatic carbocycles. The molecule has 0 unspecified atom stereocenters. The maximum Gasteiger partial charge on any atom is 0.323 e. The van der Waals surface area contributed by atoms with Gasteiger partial charge in [0.1, 0.15) is 11.5 Å². The highest BCUT2D eigenvalue weighted by molar-refractivity contribution is 6.07. The van der Waals surface area contributed by atoms with Crippen molar-refractivity contribution in [2.24, 2.45) is 0 Å². The van der Waals surface area contributed by atoms with Gasteiger partial charge in [-0.25, -0.2) is 4.79 Å². The van der Waals surface area contributed by atoms with E-state index in [-0.39, 0.29) is 11.9 Å². The molecule has 0 saturated heterocycles. The molecular weight excluding hydrogens is 382 g/mol. The lowest BCUT2D eigenvalue weighted by molar-refractivity contribution is 0.102. The molecule has 3 amide bonds. The quantitative estimate of drug-likeness (QED) is 0.544. The van der Waals surface area contributed by atoms with Crippen molar-refractivity contribution in [1.82, 2.24) is 0 Å². The number of urea groups is 1. The van der Waals surface area contributed by atoms with Crippen LogP contribution in [0.1, 0.15) is 15.9 Å². The summed E-state index contributed by atoms with van der Waals surface area (Å²) < 4.78 is 10.5. The largest absolute Gasteiger partial charge is 0.497 e. The van der Waals surface area contributed by atoms with Crippen molar-refractivity contribution in [3.8, 4) is 11.5 Å². The predicted octanol–water partition coefficient (Wildman–Crippen LogP) is 4.91. The fourth-order valence-corrected chi connectivity index (χ4v) is 2.83. The van der Waals surface area contributed by atoms with E-state index in [1.54, 1.807) is 49.6 Å². The van der Waals surface area contributed by atoms with Crippen molar-refractivity contribution in [2.45, 2.75) is 6.92 Å². The lowest BCUT2D eigenvalue weighted by Crippen LogP contribution is -2.20. The van der Waals surface area contributed by atoms with Crippen molar-refractivity contribution < 1.29 is 19.1 Å². The minimum Gasteiger partial charge on any atom is -0.497 e. The summed E-state index contributed by atoms with van der Waals surface area (Å²) in [5.41, 5.74) is 3.03. The second kappa shape index (κ2) is 9.47. The van der Waals surface area contributed by atoms with Crippen LogP contribution in [-0.4, -0.2) is 26.2 Å². The Morgan fingerprint density at radius 2 is 1.50 bits per heavy atom. The predicted molar refractivity (Wildman–Crippen MR) is 118 cm³/mol. The van der Waals surface area contributed by atoms with E-state index in [1.807, 2.05) is 31.2 Å². The molecule has 0 heterocycles. The second-order valence-corrected chi connectivity index (χ2v) is 6.50. The molecule has 30 heavy (non-hydrogen) atoms. The molecule has 0 aliphatic rings.